The van der Waals surface area contributed by atoms with Crippen LogP contribution in [0.25, 0.3) is 0 Å². The smallest absolute Gasteiger partial charge is 0.262 e. The summed E-state index contributed by atoms with van der Waals surface area (Å²) in [6, 6.07) is 16.5. The summed E-state index contributed by atoms with van der Waals surface area (Å²) >= 11 is 0. The molecule has 0 radical (unpaired) electrons. The molecule has 1 aliphatic carbocycles. The van der Waals surface area contributed by atoms with Gasteiger partial charge in [-0.15, -0.1) is 0 Å². The van der Waals surface area contributed by atoms with E-state index in [1.54, 1.807) is 20.3 Å². The Morgan fingerprint density at radius 2 is 1.64 bits per heavy atom. The van der Waals surface area contributed by atoms with Crippen LogP contribution >= 0.6 is 0 Å². The lowest BCUT2D eigenvalue weighted by molar-refractivity contribution is -0.398. The highest BCUT2D eigenvalue weighted by Gasteiger charge is 2.36. The number of ether oxygens (including phenoxy) is 2. The number of fused-ring (bicyclic) bond motifs is 1. The van der Waals surface area contributed by atoms with Crippen LogP contribution in [0, 0.1) is 10.1 Å². The molecular formula is C27H24N3O6-. The number of hydrogen-bond donors (Lipinski definition) is 2. The summed E-state index contributed by atoms with van der Waals surface area (Å²) in [5.41, 5.74) is 3.70. The molecule has 2 aliphatic rings. The molecule has 0 saturated heterocycles. The van der Waals surface area contributed by atoms with E-state index in [0.29, 0.717) is 29.1 Å². The molecule has 2 atom stereocenters. The molecule has 184 valence electrons. The van der Waals surface area contributed by atoms with Gasteiger partial charge in [0.25, 0.3) is 5.69 Å². The van der Waals surface area contributed by atoms with Crippen LogP contribution in [0.3, 0.4) is 0 Å². The summed E-state index contributed by atoms with van der Waals surface area (Å²) in [5.74, 6) is 0.340. The summed E-state index contributed by atoms with van der Waals surface area (Å²) in [6.45, 7) is 0. The van der Waals surface area contributed by atoms with E-state index < -0.39 is 22.4 Å². The zero-order valence-corrected chi connectivity index (χ0v) is 19.7. The highest BCUT2D eigenvalue weighted by molar-refractivity contribution is 6.01. The van der Waals surface area contributed by atoms with Crippen molar-refractivity contribution in [2.24, 2.45) is 0 Å². The molecule has 0 bridgehead atoms. The number of nitro groups is 1. The summed E-state index contributed by atoms with van der Waals surface area (Å²) < 4.78 is 10.8. The first kappa shape index (κ1) is 23.2. The van der Waals surface area contributed by atoms with Crippen molar-refractivity contribution in [1.29, 1.82) is 0 Å². The number of methoxy groups -OCH3 is 2. The van der Waals surface area contributed by atoms with Crippen molar-refractivity contribution >= 4 is 22.8 Å². The molecule has 2 N–H and O–H groups in total. The summed E-state index contributed by atoms with van der Waals surface area (Å²) in [6.07, 6.45) is 0.803. The number of Topliss-reactive ketones (excluding diaryl/α,β-unsaturated/α-hetero) is 1. The number of nitrogens with one attached hydrogen (secondary N) is 2. The fourth-order valence-electron chi connectivity index (χ4n) is 4.94. The number of anilines is 2. The molecule has 0 fully saturated rings. The standard InChI is InChI=1S/C27H25N3O6/c1-35-24-10-8-15(14-25(24)36-2)17-11-20-26(23(32)13-17)27(29-19-6-4-3-5-18(19)28-20)16-7-9-22(31)21(12-16)30(33)34/h3-10,12,14,17,27-29,31H,11,13H2,1-2H3/p-1/t17-,27+/m0/s1. The minimum atomic E-state index is -0.695. The number of benzene rings is 3. The molecule has 0 unspecified atom stereocenters. The average Bonchev–Trinajstić information content (AvgIpc) is 3.05. The molecule has 0 spiro atoms. The van der Waals surface area contributed by atoms with E-state index in [9.17, 15) is 20.0 Å². The van der Waals surface area contributed by atoms with Crippen LogP contribution in [0.15, 0.2) is 71.9 Å². The van der Waals surface area contributed by atoms with Crippen molar-refractivity contribution < 1.29 is 24.3 Å². The monoisotopic (exact) mass is 486 g/mol. The molecule has 9 heteroatoms. The lowest BCUT2D eigenvalue weighted by atomic mass is 9.78. The van der Waals surface area contributed by atoms with Gasteiger partial charge in [-0.05, 0) is 53.5 Å². The third kappa shape index (κ3) is 4.08. The van der Waals surface area contributed by atoms with Crippen LogP contribution < -0.4 is 25.2 Å². The fraction of sp³-hybridized carbons (Fsp3) is 0.222. The minimum Gasteiger partial charge on any atom is -0.868 e. The fourth-order valence-corrected chi connectivity index (χ4v) is 4.94. The predicted molar refractivity (Wildman–Crippen MR) is 133 cm³/mol. The highest BCUT2D eigenvalue weighted by atomic mass is 16.6. The van der Waals surface area contributed by atoms with Crippen molar-refractivity contribution in [3.05, 3.63) is 93.2 Å². The largest absolute Gasteiger partial charge is 0.868 e. The third-order valence-electron chi connectivity index (χ3n) is 6.70. The number of carbonyl (C=O) groups is 1. The van der Waals surface area contributed by atoms with E-state index in [-0.39, 0.29) is 18.1 Å². The maximum atomic E-state index is 13.7. The predicted octanol–water partition coefficient (Wildman–Crippen LogP) is 4.67. The van der Waals surface area contributed by atoms with Gasteiger partial charge in [-0.3, -0.25) is 14.9 Å². The number of carbonyl (C=O) groups excluding carboxylic acids is 1. The second-order valence-corrected chi connectivity index (χ2v) is 8.77. The summed E-state index contributed by atoms with van der Waals surface area (Å²) in [5, 5.41) is 30.3. The van der Waals surface area contributed by atoms with Gasteiger partial charge >= 0.3 is 0 Å². The van der Waals surface area contributed by atoms with Crippen molar-refractivity contribution in [2.45, 2.75) is 24.8 Å². The number of ketones is 1. The first-order valence-corrected chi connectivity index (χ1v) is 11.5. The Bertz CT molecular complexity index is 1400. The van der Waals surface area contributed by atoms with Gasteiger partial charge < -0.3 is 25.2 Å². The van der Waals surface area contributed by atoms with E-state index in [0.717, 1.165) is 22.6 Å². The third-order valence-corrected chi connectivity index (χ3v) is 6.70. The first-order valence-electron chi connectivity index (χ1n) is 11.5. The van der Waals surface area contributed by atoms with Gasteiger partial charge in [0.15, 0.2) is 17.3 Å². The van der Waals surface area contributed by atoms with Gasteiger partial charge in [-0.2, -0.15) is 0 Å². The SMILES string of the molecule is COc1ccc([C@@H]2CC(=O)C3=C(C2)Nc2ccccc2N[C@@H]3c2ccc([O-])c([N+](=O)[O-])c2)cc1OC. The van der Waals surface area contributed by atoms with Gasteiger partial charge in [0, 0.05) is 23.8 Å². The van der Waals surface area contributed by atoms with E-state index in [1.165, 1.54) is 12.1 Å². The van der Waals surface area contributed by atoms with Gasteiger partial charge in [0.2, 0.25) is 0 Å². The highest BCUT2D eigenvalue weighted by Crippen LogP contribution is 2.45. The van der Waals surface area contributed by atoms with Crippen LogP contribution in [0.1, 0.15) is 35.9 Å². The molecule has 9 nitrogen and oxygen atoms in total. The van der Waals surface area contributed by atoms with E-state index in [4.69, 9.17) is 9.47 Å². The number of hydrogen-bond acceptors (Lipinski definition) is 8. The zero-order chi connectivity index (χ0) is 25.4. The molecule has 36 heavy (non-hydrogen) atoms. The van der Waals surface area contributed by atoms with Crippen LogP contribution in [0.5, 0.6) is 17.2 Å². The van der Waals surface area contributed by atoms with Crippen molar-refractivity contribution in [3.8, 4) is 17.2 Å². The molecule has 1 heterocycles. The van der Waals surface area contributed by atoms with Crippen LogP contribution in [-0.4, -0.2) is 24.9 Å². The van der Waals surface area contributed by atoms with Gasteiger partial charge in [0.1, 0.15) is 0 Å². The Balaban J connectivity index is 1.60. The van der Waals surface area contributed by atoms with Gasteiger partial charge in [-0.25, -0.2) is 0 Å². The topological polar surface area (TPSA) is 126 Å². The second-order valence-electron chi connectivity index (χ2n) is 8.77. The maximum Gasteiger partial charge on any atom is 0.262 e. The second kappa shape index (κ2) is 9.26. The maximum absolute atomic E-state index is 13.7. The van der Waals surface area contributed by atoms with Crippen LogP contribution in [-0.2, 0) is 4.79 Å². The van der Waals surface area contributed by atoms with E-state index >= 15 is 0 Å². The average molecular weight is 487 g/mol. The number of allylic oxidation sites excluding steroid dienone is 1. The summed E-state index contributed by atoms with van der Waals surface area (Å²) in [4.78, 5) is 24.4. The first-order chi connectivity index (χ1) is 17.4. The molecule has 3 aromatic rings. The Kier molecular flexibility index (Phi) is 5.97. The van der Waals surface area contributed by atoms with Crippen LogP contribution in [0.4, 0.5) is 17.1 Å². The van der Waals surface area contributed by atoms with Crippen molar-refractivity contribution in [3.63, 3.8) is 0 Å². The quantitative estimate of drug-likeness (QED) is 0.394. The molecule has 1 aliphatic heterocycles. The normalized spacial score (nSPS) is 18.8. The number of nitrogens with zero attached hydrogens (tertiary/aromatic N) is 1. The molecule has 0 aromatic heterocycles. The summed E-state index contributed by atoms with van der Waals surface area (Å²) in [7, 11) is 3.14. The number of rotatable bonds is 5. The van der Waals surface area contributed by atoms with Gasteiger partial charge in [0.05, 0.1) is 36.6 Å². The Morgan fingerprint density at radius 3 is 2.36 bits per heavy atom. The Hall–Kier alpha value is -4.53. The minimum absolute atomic E-state index is 0.0808. The lowest BCUT2D eigenvalue weighted by Gasteiger charge is -2.30. The molecule has 5 rings (SSSR count). The van der Waals surface area contributed by atoms with Crippen molar-refractivity contribution in [2.75, 3.05) is 24.9 Å². The Labute approximate surface area is 207 Å². The molecule has 3 aromatic carbocycles. The van der Waals surface area contributed by atoms with Crippen molar-refractivity contribution in [1.82, 2.24) is 0 Å². The van der Waals surface area contributed by atoms with Crippen LogP contribution in [0.2, 0.25) is 0 Å². The van der Waals surface area contributed by atoms with Gasteiger partial charge in [-0.1, -0.05) is 30.3 Å². The molecular weight excluding hydrogens is 462 g/mol. The molecule has 0 saturated carbocycles. The Morgan fingerprint density at radius 1 is 0.917 bits per heavy atom. The number of para-hydroxylation sites is 2. The lowest BCUT2D eigenvalue weighted by Crippen LogP contribution is -2.27. The van der Waals surface area contributed by atoms with E-state index in [2.05, 4.69) is 10.6 Å². The molecule has 0 amide bonds. The zero-order valence-electron chi connectivity index (χ0n) is 19.7. The number of nitro benzene ring substituents is 1. The van der Waals surface area contributed by atoms with E-state index in [1.807, 2.05) is 42.5 Å².